The average Bonchev–Trinajstić information content (AvgIpc) is 2.75. The van der Waals surface area contributed by atoms with Crippen LogP contribution in [0, 0.1) is 0 Å². The number of halogens is 1. The van der Waals surface area contributed by atoms with Crippen molar-refractivity contribution in [3.8, 4) is 0 Å². The van der Waals surface area contributed by atoms with E-state index < -0.39 is 22.5 Å². The summed E-state index contributed by atoms with van der Waals surface area (Å²) in [7, 11) is -3.88. The van der Waals surface area contributed by atoms with Gasteiger partial charge in [-0.25, -0.2) is 8.42 Å². The van der Waals surface area contributed by atoms with Crippen molar-refractivity contribution in [3.63, 3.8) is 0 Å². The van der Waals surface area contributed by atoms with Crippen molar-refractivity contribution in [1.82, 2.24) is 4.72 Å². The molecule has 0 atom stereocenters. The molecular formula is C12H13BrN2O5S. The summed E-state index contributed by atoms with van der Waals surface area (Å²) in [5, 5.41) is 2.63. The van der Waals surface area contributed by atoms with Crippen molar-refractivity contribution in [1.29, 1.82) is 0 Å². The maximum atomic E-state index is 12.2. The fourth-order valence-corrected chi connectivity index (χ4v) is 3.93. The fourth-order valence-electron chi connectivity index (χ4n) is 1.88. The number of anilines is 1. The first-order valence-electron chi connectivity index (χ1n) is 6.11. The maximum Gasteiger partial charge on any atom is 0.321 e. The molecule has 0 aliphatic carbocycles. The molecule has 21 heavy (non-hydrogen) atoms. The number of carbonyl (C=O) groups excluding carboxylic acids is 2. The van der Waals surface area contributed by atoms with Crippen molar-refractivity contribution in [2.75, 3.05) is 18.5 Å². The second-order valence-electron chi connectivity index (χ2n) is 4.29. The van der Waals surface area contributed by atoms with Crippen LogP contribution in [0.5, 0.6) is 0 Å². The maximum absolute atomic E-state index is 12.2. The smallest absolute Gasteiger partial charge is 0.321 e. The zero-order valence-electron chi connectivity index (χ0n) is 11.1. The third-order valence-electron chi connectivity index (χ3n) is 2.78. The lowest BCUT2D eigenvalue weighted by molar-refractivity contribution is -0.141. The van der Waals surface area contributed by atoms with Crippen LogP contribution in [0.15, 0.2) is 21.5 Å². The highest BCUT2D eigenvalue weighted by molar-refractivity contribution is 9.10. The highest BCUT2D eigenvalue weighted by atomic mass is 79.9. The lowest BCUT2D eigenvalue weighted by Gasteiger charge is -2.10. The molecule has 0 unspecified atom stereocenters. The molecule has 2 rings (SSSR count). The van der Waals surface area contributed by atoms with Crippen LogP contribution in [-0.4, -0.2) is 33.4 Å². The molecule has 1 aliphatic heterocycles. The van der Waals surface area contributed by atoms with Crippen LogP contribution in [0.25, 0.3) is 0 Å². The number of amides is 1. The van der Waals surface area contributed by atoms with Crippen LogP contribution in [0.2, 0.25) is 0 Å². The van der Waals surface area contributed by atoms with Gasteiger partial charge < -0.3 is 10.1 Å². The molecule has 1 aromatic carbocycles. The van der Waals surface area contributed by atoms with E-state index in [4.69, 9.17) is 0 Å². The Morgan fingerprint density at radius 3 is 2.86 bits per heavy atom. The third-order valence-corrected chi connectivity index (χ3v) is 5.14. The Morgan fingerprint density at radius 2 is 2.19 bits per heavy atom. The van der Waals surface area contributed by atoms with Crippen LogP contribution in [0.3, 0.4) is 0 Å². The minimum absolute atomic E-state index is 0.0259. The Hall–Kier alpha value is -1.45. The number of rotatable bonds is 5. The van der Waals surface area contributed by atoms with Gasteiger partial charge in [0, 0.05) is 10.2 Å². The Morgan fingerprint density at radius 1 is 1.48 bits per heavy atom. The SMILES string of the molecule is CCOC(=O)CNS(=O)(=O)c1cc2c(cc1Br)NC(=O)C2. The molecule has 0 spiro atoms. The Kier molecular flexibility index (Phi) is 4.64. The van der Waals surface area contributed by atoms with Gasteiger partial charge in [0.05, 0.1) is 17.9 Å². The normalized spacial score (nSPS) is 13.7. The molecule has 2 N–H and O–H groups in total. The number of hydrogen-bond donors (Lipinski definition) is 2. The van der Waals surface area contributed by atoms with Crippen LogP contribution in [0.4, 0.5) is 5.69 Å². The van der Waals surface area contributed by atoms with Gasteiger partial charge in [-0.15, -0.1) is 0 Å². The lowest BCUT2D eigenvalue weighted by atomic mass is 10.2. The molecule has 0 radical (unpaired) electrons. The van der Waals surface area contributed by atoms with Gasteiger partial charge in [0.15, 0.2) is 0 Å². The molecule has 0 saturated heterocycles. The van der Waals surface area contributed by atoms with E-state index in [1.807, 2.05) is 0 Å². The molecule has 1 aromatic rings. The van der Waals surface area contributed by atoms with Gasteiger partial charge in [-0.05, 0) is 40.5 Å². The molecule has 114 valence electrons. The molecule has 0 saturated carbocycles. The van der Waals surface area contributed by atoms with Gasteiger partial charge in [0.2, 0.25) is 15.9 Å². The van der Waals surface area contributed by atoms with Crippen LogP contribution < -0.4 is 10.0 Å². The Labute approximate surface area is 130 Å². The molecule has 0 aromatic heterocycles. The predicted octanol–water partition coefficient (Wildman–Crippen LogP) is 0.785. The first-order chi connectivity index (χ1) is 9.83. The fraction of sp³-hybridized carbons (Fsp3) is 0.333. The van der Waals surface area contributed by atoms with Gasteiger partial charge >= 0.3 is 5.97 Å². The second-order valence-corrected chi connectivity index (χ2v) is 6.88. The van der Waals surface area contributed by atoms with Crippen molar-refractivity contribution >= 4 is 43.5 Å². The zero-order valence-corrected chi connectivity index (χ0v) is 13.5. The minimum Gasteiger partial charge on any atom is -0.465 e. The van der Waals surface area contributed by atoms with Crippen LogP contribution in [0.1, 0.15) is 12.5 Å². The Balaban J connectivity index is 2.23. The summed E-state index contributed by atoms with van der Waals surface area (Å²) in [6.45, 7) is 1.36. The van der Waals surface area contributed by atoms with Crippen LogP contribution >= 0.6 is 15.9 Å². The van der Waals surface area contributed by atoms with E-state index in [-0.39, 0.29) is 23.8 Å². The number of carbonyl (C=O) groups is 2. The molecule has 1 heterocycles. The third kappa shape index (κ3) is 3.60. The summed E-state index contributed by atoms with van der Waals surface area (Å²) < 4.78 is 31.5. The predicted molar refractivity (Wildman–Crippen MR) is 78.3 cm³/mol. The van der Waals surface area contributed by atoms with Crippen LogP contribution in [-0.2, 0) is 30.8 Å². The van der Waals surface area contributed by atoms with Crippen molar-refractivity contribution < 1.29 is 22.7 Å². The summed E-state index contributed by atoms with van der Waals surface area (Å²) in [6.07, 6.45) is 0.128. The molecule has 1 amide bonds. The van der Waals surface area contributed by atoms with Crippen molar-refractivity contribution in [2.45, 2.75) is 18.2 Å². The number of fused-ring (bicyclic) bond motifs is 1. The minimum atomic E-state index is -3.88. The number of hydrogen-bond acceptors (Lipinski definition) is 5. The molecule has 9 heteroatoms. The lowest BCUT2D eigenvalue weighted by Crippen LogP contribution is -2.31. The van der Waals surface area contributed by atoms with E-state index in [1.165, 1.54) is 12.1 Å². The summed E-state index contributed by atoms with van der Waals surface area (Å²) >= 11 is 3.16. The first-order valence-corrected chi connectivity index (χ1v) is 8.38. The molecule has 0 fully saturated rings. The highest BCUT2D eigenvalue weighted by Crippen LogP contribution is 2.32. The number of esters is 1. The number of ether oxygens (including phenoxy) is 1. The van der Waals surface area contributed by atoms with Gasteiger partial charge in [-0.3, -0.25) is 9.59 Å². The van der Waals surface area contributed by atoms with E-state index in [0.29, 0.717) is 15.7 Å². The van der Waals surface area contributed by atoms with Gasteiger partial charge in [-0.2, -0.15) is 4.72 Å². The molecule has 7 nitrogen and oxygen atoms in total. The summed E-state index contributed by atoms with van der Waals surface area (Å²) in [5.41, 5.74) is 1.18. The van der Waals surface area contributed by atoms with Gasteiger partial charge in [0.25, 0.3) is 0 Å². The first kappa shape index (κ1) is 15.9. The summed E-state index contributed by atoms with van der Waals surface area (Å²) in [4.78, 5) is 22.5. The molecular weight excluding hydrogens is 364 g/mol. The van der Waals surface area contributed by atoms with E-state index in [1.54, 1.807) is 6.92 Å². The number of nitrogens with one attached hydrogen (secondary N) is 2. The van der Waals surface area contributed by atoms with Crippen molar-refractivity contribution in [3.05, 3.63) is 22.2 Å². The Bertz CT molecular complexity index is 702. The topological polar surface area (TPSA) is 102 Å². The summed E-state index contributed by atoms with van der Waals surface area (Å²) in [5.74, 6) is -0.846. The molecule has 0 bridgehead atoms. The second kappa shape index (κ2) is 6.12. The number of benzene rings is 1. The van der Waals surface area contributed by atoms with E-state index >= 15 is 0 Å². The zero-order chi connectivity index (χ0) is 15.6. The van der Waals surface area contributed by atoms with Crippen molar-refractivity contribution in [2.24, 2.45) is 0 Å². The van der Waals surface area contributed by atoms with Gasteiger partial charge in [0.1, 0.15) is 6.54 Å². The monoisotopic (exact) mass is 376 g/mol. The largest absolute Gasteiger partial charge is 0.465 e. The average molecular weight is 377 g/mol. The number of sulfonamides is 1. The van der Waals surface area contributed by atoms with E-state index in [2.05, 4.69) is 30.7 Å². The quantitative estimate of drug-likeness (QED) is 0.739. The van der Waals surface area contributed by atoms with Gasteiger partial charge in [-0.1, -0.05) is 0 Å². The standard InChI is InChI=1S/C12H13BrN2O5S/c1-2-20-12(17)6-14-21(18,19)10-3-7-4-11(16)15-9(7)5-8(10)13/h3,5,14H,2,4,6H2,1H3,(H,15,16). The summed E-state index contributed by atoms with van der Waals surface area (Å²) in [6, 6.07) is 2.93. The highest BCUT2D eigenvalue weighted by Gasteiger charge is 2.25. The molecule has 1 aliphatic rings. The van der Waals surface area contributed by atoms with E-state index in [0.717, 1.165) is 0 Å². The van der Waals surface area contributed by atoms with E-state index in [9.17, 15) is 18.0 Å².